The number of aromatic nitrogens is 1. The summed E-state index contributed by atoms with van der Waals surface area (Å²) in [6, 6.07) is 4.21. The van der Waals surface area contributed by atoms with E-state index < -0.39 is 18.6 Å². The van der Waals surface area contributed by atoms with Crippen LogP contribution in [0.2, 0.25) is 0 Å². The van der Waals surface area contributed by atoms with Gasteiger partial charge in [0.2, 0.25) is 0 Å². The van der Waals surface area contributed by atoms with Crippen molar-refractivity contribution in [1.29, 1.82) is 0 Å². The van der Waals surface area contributed by atoms with Crippen LogP contribution >= 0.6 is 0 Å². The molecule has 0 saturated heterocycles. The number of rotatable bonds is 3. The van der Waals surface area contributed by atoms with Gasteiger partial charge in [-0.2, -0.15) is 13.2 Å². The molecule has 0 fully saturated rings. The summed E-state index contributed by atoms with van der Waals surface area (Å²) < 4.78 is 35.4. The number of amides is 1. The number of carbonyl (C=O) groups excluding carboxylic acids is 1. The molecular formula is C8H9F3N4O. The van der Waals surface area contributed by atoms with Crippen LogP contribution in [-0.2, 0) is 0 Å². The Balaban J connectivity index is 2.66. The molecule has 88 valence electrons. The summed E-state index contributed by atoms with van der Waals surface area (Å²) in [4.78, 5) is 14.9. The Morgan fingerprint density at radius 1 is 1.44 bits per heavy atom. The van der Waals surface area contributed by atoms with Gasteiger partial charge in [0.1, 0.15) is 18.1 Å². The largest absolute Gasteiger partial charge is 0.405 e. The molecule has 0 aliphatic carbocycles. The quantitative estimate of drug-likeness (QED) is 0.530. The zero-order chi connectivity index (χ0) is 12.2. The zero-order valence-corrected chi connectivity index (χ0v) is 8.01. The van der Waals surface area contributed by atoms with Crippen molar-refractivity contribution in [3.63, 3.8) is 0 Å². The van der Waals surface area contributed by atoms with Crippen LogP contribution < -0.4 is 16.6 Å². The van der Waals surface area contributed by atoms with Gasteiger partial charge >= 0.3 is 6.18 Å². The average Bonchev–Trinajstić information content (AvgIpc) is 2.25. The van der Waals surface area contributed by atoms with Crippen molar-refractivity contribution in [3.8, 4) is 0 Å². The molecule has 16 heavy (non-hydrogen) atoms. The van der Waals surface area contributed by atoms with E-state index in [-0.39, 0.29) is 11.5 Å². The van der Waals surface area contributed by atoms with Crippen molar-refractivity contribution in [3.05, 3.63) is 23.9 Å². The van der Waals surface area contributed by atoms with Crippen LogP contribution in [0.15, 0.2) is 18.2 Å². The maximum atomic E-state index is 11.8. The van der Waals surface area contributed by atoms with Gasteiger partial charge in [0.05, 0.1) is 0 Å². The number of nitrogens with two attached hydrogens (primary N) is 1. The van der Waals surface area contributed by atoms with Crippen LogP contribution in [0.25, 0.3) is 0 Å². The lowest BCUT2D eigenvalue weighted by atomic mass is 10.3. The van der Waals surface area contributed by atoms with E-state index in [9.17, 15) is 18.0 Å². The molecule has 0 bridgehead atoms. The maximum absolute atomic E-state index is 11.8. The molecule has 1 amide bonds. The molecule has 1 rings (SSSR count). The van der Waals surface area contributed by atoms with Crippen LogP contribution in [-0.4, -0.2) is 23.6 Å². The Morgan fingerprint density at radius 2 is 2.12 bits per heavy atom. The summed E-state index contributed by atoms with van der Waals surface area (Å²) >= 11 is 0. The molecule has 0 saturated carbocycles. The smallest absolute Gasteiger partial charge is 0.342 e. The van der Waals surface area contributed by atoms with Gasteiger partial charge in [0.25, 0.3) is 5.91 Å². The van der Waals surface area contributed by atoms with Gasteiger partial charge in [0, 0.05) is 0 Å². The number of carbonyl (C=O) groups is 1. The predicted octanol–water partition coefficient (Wildman–Crippen LogP) is 0.659. The predicted molar refractivity (Wildman–Crippen MR) is 50.4 cm³/mol. The number of anilines is 1. The first-order chi connectivity index (χ1) is 7.42. The second-order valence-electron chi connectivity index (χ2n) is 2.85. The molecule has 4 N–H and O–H groups in total. The van der Waals surface area contributed by atoms with Gasteiger partial charge in [-0.25, -0.2) is 10.8 Å². The van der Waals surface area contributed by atoms with Gasteiger partial charge < -0.3 is 10.7 Å². The SMILES string of the molecule is NNc1cccc(C(=O)NCC(F)(F)F)n1. The van der Waals surface area contributed by atoms with E-state index in [2.05, 4.69) is 10.4 Å². The minimum absolute atomic E-state index is 0.139. The Bertz CT molecular complexity index is 380. The van der Waals surface area contributed by atoms with E-state index >= 15 is 0 Å². The summed E-state index contributed by atoms with van der Waals surface area (Å²) in [7, 11) is 0. The topological polar surface area (TPSA) is 80.0 Å². The van der Waals surface area contributed by atoms with E-state index in [0.29, 0.717) is 0 Å². The molecule has 0 atom stereocenters. The van der Waals surface area contributed by atoms with Crippen molar-refractivity contribution in [2.45, 2.75) is 6.18 Å². The van der Waals surface area contributed by atoms with Crippen molar-refractivity contribution in [2.75, 3.05) is 12.0 Å². The number of pyridine rings is 1. The van der Waals surface area contributed by atoms with Crippen LogP contribution in [0, 0.1) is 0 Å². The Morgan fingerprint density at radius 3 is 2.69 bits per heavy atom. The lowest BCUT2D eigenvalue weighted by molar-refractivity contribution is -0.123. The standard InChI is InChI=1S/C8H9F3N4O/c9-8(10,11)4-13-7(16)5-2-1-3-6(14-5)15-12/h1-3H,4,12H2,(H,13,16)(H,14,15). The Kier molecular flexibility index (Phi) is 3.67. The first kappa shape index (κ1) is 12.2. The number of hydrogen-bond donors (Lipinski definition) is 3. The van der Waals surface area contributed by atoms with Gasteiger partial charge in [-0.3, -0.25) is 4.79 Å². The summed E-state index contributed by atoms with van der Waals surface area (Å²) in [5.74, 6) is 4.32. The van der Waals surface area contributed by atoms with Crippen LogP contribution in [0.4, 0.5) is 19.0 Å². The Hall–Kier alpha value is -1.83. The molecule has 1 aromatic heterocycles. The monoisotopic (exact) mass is 234 g/mol. The van der Waals surface area contributed by atoms with Crippen LogP contribution in [0.5, 0.6) is 0 Å². The molecule has 0 radical (unpaired) electrons. The van der Waals surface area contributed by atoms with Gasteiger partial charge in [-0.1, -0.05) is 6.07 Å². The highest BCUT2D eigenvalue weighted by Crippen LogP contribution is 2.12. The summed E-state index contributed by atoms with van der Waals surface area (Å²) in [6.45, 7) is -1.40. The number of nitrogen functional groups attached to an aromatic ring is 1. The van der Waals surface area contributed by atoms with E-state index in [1.807, 2.05) is 0 Å². The number of halogens is 3. The third kappa shape index (κ3) is 3.73. The first-order valence-electron chi connectivity index (χ1n) is 4.21. The molecule has 0 unspecified atom stereocenters. The van der Waals surface area contributed by atoms with Crippen molar-refractivity contribution < 1.29 is 18.0 Å². The molecule has 8 heteroatoms. The van der Waals surface area contributed by atoms with Crippen LogP contribution in [0.1, 0.15) is 10.5 Å². The molecular weight excluding hydrogens is 225 g/mol. The van der Waals surface area contributed by atoms with Gasteiger partial charge in [-0.15, -0.1) is 0 Å². The molecule has 1 heterocycles. The fourth-order valence-electron chi connectivity index (χ4n) is 0.913. The highest BCUT2D eigenvalue weighted by atomic mass is 19.4. The molecule has 5 nitrogen and oxygen atoms in total. The molecule has 1 aromatic rings. The lowest BCUT2D eigenvalue weighted by Crippen LogP contribution is -2.34. The van der Waals surface area contributed by atoms with E-state index in [1.165, 1.54) is 18.2 Å². The van der Waals surface area contributed by atoms with E-state index in [1.54, 1.807) is 5.32 Å². The average molecular weight is 234 g/mol. The zero-order valence-electron chi connectivity index (χ0n) is 8.01. The van der Waals surface area contributed by atoms with Crippen molar-refractivity contribution in [1.82, 2.24) is 10.3 Å². The first-order valence-corrected chi connectivity index (χ1v) is 4.21. The minimum Gasteiger partial charge on any atom is -0.342 e. The normalized spacial score (nSPS) is 11.0. The minimum atomic E-state index is -4.45. The van der Waals surface area contributed by atoms with E-state index in [0.717, 1.165) is 0 Å². The summed E-state index contributed by atoms with van der Waals surface area (Å²) in [5.41, 5.74) is 2.04. The van der Waals surface area contributed by atoms with Crippen molar-refractivity contribution >= 4 is 11.7 Å². The fourth-order valence-corrected chi connectivity index (χ4v) is 0.913. The van der Waals surface area contributed by atoms with Gasteiger partial charge in [0.15, 0.2) is 0 Å². The van der Waals surface area contributed by atoms with E-state index in [4.69, 9.17) is 5.84 Å². The van der Waals surface area contributed by atoms with Gasteiger partial charge in [-0.05, 0) is 12.1 Å². The molecule has 0 aromatic carbocycles. The lowest BCUT2D eigenvalue weighted by Gasteiger charge is -2.08. The molecule has 0 spiro atoms. The number of nitrogens with zero attached hydrogens (tertiary/aromatic N) is 1. The second kappa shape index (κ2) is 4.79. The number of hydrogen-bond acceptors (Lipinski definition) is 4. The number of alkyl halides is 3. The number of hydrazine groups is 1. The second-order valence-corrected chi connectivity index (χ2v) is 2.85. The summed E-state index contributed by atoms with van der Waals surface area (Å²) in [5, 5.41) is 1.70. The molecule has 0 aliphatic heterocycles. The third-order valence-electron chi connectivity index (χ3n) is 1.58. The van der Waals surface area contributed by atoms with Crippen LogP contribution in [0.3, 0.4) is 0 Å². The third-order valence-corrected chi connectivity index (χ3v) is 1.58. The Labute approximate surface area is 88.8 Å². The highest BCUT2D eigenvalue weighted by molar-refractivity contribution is 5.92. The summed E-state index contributed by atoms with van der Waals surface area (Å²) in [6.07, 6.45) is -4.45. The fraction of sp³-hybridized carbons (Fsp3) is 0.250. The molecule has 0 aliphatic rings. The van der Waals surface area contributed by atoms with Crippen molar-refractivity contribution in [2.24, 2.45) is 5.84 Å². The highest BCUT2D eigenvalue weighted by Gasteiger charge is 2.28. The number of nitrogens with one attached hydrogen (secondary N) is 2. The maximum Gasteiger partial charge on any atom is 0.405 e.